The number of benzene rings is 2. The first-order valence-corrected chi connectivity index (χ1v) is 13.7. The number of hydrogen-bond donors (Lipinski definition) is 1. The second-order valence-electron chi connectivity index (χ2n) is 8.34. The Balaban J connectivity index is 1.58. The molecule has 0 saturated heterocycles. The molecule has 1 atom stereocenters. The Morgan fingerprint density at radius 2 is 1.80 bits per heavy atom. The number of esters is 1. The number of carbonyl (C=O) groups is 1. The van der Waals surface area contributed by atoms with Gasteiger partial charge in [0.1, 0.15) is 26.8 Å². The van der Waals surface area contributed by atoms with Gasteiger partial charge in [-0.2, -0.15) is 8.78 Å². The van der Waals surface area contributed by atoms with Crippen molar-refractivity contribution in [3.05, 3.63) is 104 Å². The Bertz CT molecular complexity index is 1450. The van der Waals surface area contributed by atoms with E-state index >= 15 is 0 Å². The van der Waals surface area contributed by atoms with Gasteiger partial charge in [-0.05, 0) is 48.9 Å². The van der Waals surface area contributed by atoms with Crippen molar-refractivity contribution in [2.45, 2.75) is 32.6 Å². The van der Waals surface area contributed by atoms with E-state index in [9.17, 15) is 18.0 Å². The molecular formula is C28H24Cl2F3N2O4S+. The predicted octanol–water partition coefficient (Wildman–Crippen LogP) is 7.76. The number of thiophene rings is 1. The van der Waals surface area contributed by atoms with Crippen LogP contribution in [0.4, 0.5) is 18.9 Å². The maximum atomic E-state index is 13.9. The predicted molar refractivity (Wildman–Crippen MR) is 147 cm³/mol. The molecule has 0 aliphatic carbocycles. The number of alkyl halides is 2. The van der Waals surface area contributed by atoms with Crippen LogP contribution in [-0.4, -0.2) is 19.2 Å². The molecule has 0 bridgehead atoms. The minimum absolute atomic E-state index is 0.0672. The van der Waals surface area contributed by atoms with Crippen LogP contribution in [0.3, 0.4) is 0 Å². The van der Waals surface area contributed by atoms with Gasteiger partial charge in [-0.25, -0.2) is 14.2 Å². The molecule has 0 aliphatic rings. The fraction of sp³-hybridized carbons (Fsp3) is 0.214. The number of carbonyl (C=O) groups excluding carboxylic acids is 1. The van der Waals surface area contributed by atoms with Crippen molar-refractivity contribution in [3.63, 3.8) is 0 Å². The fourth-order valence-corrected chi connectivity index (χ4v) is 5.19. The Morgan fingerprint density at radius 3 is 2.50 bits per heavy atom. The molecule has 2 heterocycles. The summed E-state index contributed by atoms with van der Waals surface area (Å²) in [6, 6.07) is 14.0. The number of halogens is 5. The lowest BCUT2D eigenvalue weighted by Crippen LogP contribution is -2.15. The first-order valence-electron chi connectivity index (χ1n) is 12.1. The van der Waals surface area contributed by atoms with Gasteiger partial charge in [0.15, 0.2) is 23.9 Å². The number of pyridine rings is 1. The molecule has 210 valence electrons. The normalized spacial score (nSPS) is 11.8. The number of hydrogen-bond acceptors (Lipinski definition) is 6. The average molecular weight is 612 g/mol. The Kier molecular flexibility index (Phi) is 10.1. The van der Waals surface area contributed by atoms with Gasteiger partial charge in [0, 0.05) is 23.4 Å². The SMILES string of the molecule is CCOc1cc([C@H](Cc2c(Cl)c[nH+]cc2Cl)OC(=O)c2ccc(CNc3ccccc3F)s2)ccc1OC(F)F. The highest BCUT2D eigenvalue weighted by atomic mass is 35.5. The third kappa shape index (κ3) is 7.59. The van der Waals surface area contributed by atoms with Crippen LogP contribution in [0.25, 0.3) is 0 Å². The molecule has 2 N–H and O–H groups in total. The van der Waals surface area contributed by atoms with E-state index in [0.29, 0.717) is 38.3 Å². The molecule has 12 heteroatoms. The van der Waals surface area contributed by atoms with E-state index in [2.05, 4.69) is 15.0 Å². The molecule has 0 fully saturated rings. The molecule has 0 aliphatic heterocycles. The zero-order valence-electron chi connectivity index (χ0n) is 21.1. The van der Waals surface area contributed by atoms with E-state index in [1.54, 1.807) is 49.6 Å². The monoisotopic (exact) mass is 611 g/mol. The molecule has 0 unspecified atom stereocenters. The Labute approximate surface area is 242 Å². The molecular weight excluding hydrogens is 588 g/mol. The molecule has 6 nitrogen and oxygen atoms in total. The van der Waals surface area contributed by atoms with E-state index in [0.717, 1.165) is 4.88 Å². The van der Waals surface area contributed by atoms with Crippen molar-refractivity contribution in [1.82, 2.24) is 0 Å². The van der Waals surface area contributed by atoms with Crippen molar-refractivity contribution >= 4 is 46.2 Å². The van der Waals surface area contributed by atoms with Crippen LogP contribution in [0, 0.1) is 5.82 Å². The van der Waals surface area contributed by atoms with Gasteiger partial charge in [-0.1, -0.05) is 41.4 Å². The van der Waals surface area contributed by atoms with Crippen LogP contribution < -0.4 is 19.8 Å². The van der Waals surface area contributed by atoms with Gasteiger partial charge in [0.05, 0.1) is 12.3 Å². The summed E-state index contributed by atoms with van der Waals surface area (Å²) in [6.07, 6.45) is 2.26. The molecule has 40 heavy (non-hydrogen) atoms. The van der Waals surface area contributed by atoms with Crippen LogP contribution in [0.15, 0.2) is 67.0 Å². The van der Waals surface area contributed by atoms with Gasteiger partial charge in [0.2, 0.25) is 0 Å². The number of H-pyrrole nitrogens is 1. The van der Waals surface area contributed by atoms with Crippen molar-refractivity contribution in [3.8, 4) is 11.5 Å². The zero-order chi connectivity index (χ0) is 28.6. The first kappa shape index (κ1) is 29.5. The third-order valence-corrected chi connectivity index (χ3v) is 7.42. The number of rotatable bonds is 12. The number of aromatic amines is 1. The molecule has 2 aromatic heterocycles. The maximum absolute atomic E-state index is 13.9. The Morgan fingerprint density at radius 1 is 1.05 bits per heavy atom. The summed E-state index contributed by atoms with van der Waals surface area (Å²) in [5.41, 5.74) is 1.32. The smallest absolute Gasteiger partial charge is 0.387 e. The maximum Gasteiger partial charge on any atom is 0.387 e. The molecule has 2 aromatic carbocycles. The van der Waals surface area contributed by atoms with Crippen LogP contribution >= 0.6 is 34.5 Å². The molecule has 4 aromatic rings. The summed E-state index contributed by atoms with van der Waals surface area (Å²) in [5.74, 6) is -1.08. The summed E-state index contributed by atoms with van der Waals surface area (Å²) in [7, 11) is 0. The minimum Gasteiger partial charge on any atom is -0.490 e. The second-order valence-corrected chi connectivity index (χ2v) is 10.3. The summed E-state index contributed by atoms with van der Waals surface area (Å²) in [4.78, 5) is 17.2. The average Bonchev–Trinajstić information content (AvgIpc) is 3.40. The summed E-state index contributed by atoms with van der Waals surface area (Å²) >= 11 is 13.9. The van der Waals surface area contributed by atoms with Crippen molar-refractivity contribution in [1.29, 1.82) is 0 Å². The summed E-state index contributed by atoms with van der Waals surface area (Å²) < 4.78 is 55.7. The zero-order valence-corrected chi connectivity index (χ0v) is 23.4. The molecule has 4 rings (SSSR count). The van der Waals surface area contributed by atoms with Gasteiger partial charge in [-0.3, -0.25) is 0 Å². The van der Waals surface area contributed by atoms with E-state index < -0.39 is 18.7 Å². The van der Waals surface area contributed by atoms with Crippen LogP contribution in [0.2, 0.25) is 10.0 Å². The van der Waals surface area contributed by atoms with Crippen LogP contribution in [0.5, 0.6) is 11.5 Å². The number of para-hydroxylation sites is 1. The first-order chi connectivity index (χ1) is 19.2. The summed E-state index contributed by atoms with van der Waals surface area (Å²) in [6.45, 7) is -0.848. The van der Waals surface area contributed by atoms with E-state index in [1.807, 2.05) is 0 Å². The van der Waals surface area contributed by atoms with Gasteiger partial charge in [-0.15, -0.1) is 11.3 Å². The largest absolute Gasteiger partial charge is 0.490 e. The minimum atomic E-state index is -3.04. The standard InChI is InChI=1S/C28H23Cl2F3N2O4S/c1-2-37-25-11-16(7-9-23(25)39-28(32)33)24(12-18-19(29)14-34-15-20(18)30)38-27(36)26-10-8-17(40-26)13-35-22-6-4-3-5-21(22)31/h3-11,14-15,24,28,35H,2,12-13H2,1H3/p+1/t24-/m0/s1. The van der Waals surface area contributed by atoms with Gasteiger partial charge < -0.3 is 19.5 Å². The number of anilines is 1. The highest BCUT2D eigenvalue weighted by Gasteiger charge is 2.25. The lowest BCUT2D eigenvalue weighted by molar-refractivity contribution is -0.377. The topological polar surface area (TPSA) is 70.9 Å². The quantitative estimate of drug-likeness (QED) is 0.166. The molecule has 0 radical (unpaired) electrons. The fourth-order valence-electron chi connectivity index (χ4n) is 3.83. The highest BCUT2D eigenvalue weighted by Crippen LogP contribution is 2.36. The van der Waals surface area contributed by atoms with Crippen molar-refractivity contribution in [2.75, 3.05) is 11.9 Å². The lowest BCUT2D eigenvalue weighted by Gasteiger charge is -2.21. The third-order valence-electron chi connectivity index (χ3n) is 5.68. The van der Waals surface area contributed by atoms with Gasteiger partial charge >= 0.3 is 12.6 Å². The number of aromatic nitrogens is 1. The van der Waals surface area contributed by atoms with Crippen LogP contribution in [-0.2, 0) is 17.7 Å². The Hall–Kier alpha value is -3.47. The molecule has 0 saturated carbocycles. The number of nitrogens with one attached hydrogen (secondary N) is 2. The van der Waals surface area contributed by atoms with Crippen molar-refractivity contribution < 1.29 is 37.2 Å². The van der Waals surface area contributed by atoms with E-state index in [-0.39, 0.29) is 30.3 Å². The highest BCUT2D eigenvalue weighted by molar-refractivity contribution is 7.13. The molecule has 0 spiro atoms. The molecule has 0 amide bonds. The lowest BCUT2D eigenvalue weighted by atomic mass is 10.0. The van der Waals surface area contributed by atoms with Crippen molar-refractivity contribution in [2.24, 2.45) is 0 Å². The van der Waals surface area contributed by atoms with Gasteiger partial charge in [0.25, 0.3) is 0 Å². The van der Waals surface area contributed by atoms with E-state index in [1.165, 1.54) is 35.6 Å². The van der Waals surface area contributed by atoms with E-state index in [4.69, 9.17) is 32.7 Å². The number of ether oxygens (including phenoxy) is 3. The van der Waals surface area contributed by atoms with Crippen LogP contribution in [0.1, 0.15) is 38.7 Å². The summed E-state index contributed by atoms with van der Waals surface area (Å²) in [5, 5.41) is 3.66. The second kappa shape index (κ2) is 13.7.